The van der Waals surface area contributed by atoms with Crippen LogP contribution >= 0.6 is 0 Å². The van der Waals surface area contributed by atoms with Crippen molar-refractivity contribution in [3.8, 4) is 0 Å². The lowest BCUT2D eigenvalue weighted by Crippen LogP contribution is -2.45. The highest BCUT2D eigenvalue weighted by Gasteiger charge is 2.30. The fourth-order valence-corrected chi connectivity index (χ4v) is 2.41. The minimum atomic E-state index is -1.92. The Kier molecular flexibility index (Phi) is 10.6. The van der Waals surface area contributed by atoms with Crippen molar-refractivity contribution in [3.05, 3.63) is 29.8 Å². The summed E-state index contributed by atoms with van der Waals surface area (Å²) in [6.07, 6.45) is -5.23. The molecule has 10 nitrogen and oxygen atoms in total. The Morgan fingerprint density at radius 1 is 1.06 bits per heavy atom. The molecular formula is C21H31NO9. The van der Waals surface area contributed by atoms with Crippen molar-refractivity contribution < 1.29 is 44.3 Å². The minimum absolute atomic E-state index is 0.0552. The Bertz CT molecular complexity index is 745. The van der Waals surface area contributed by atoms with Gasteiger partial charge >= 0.3 is 11.9 Å². The van der Waals surface area contributed by atoms with Crippen molar-refractivity contribution in [1.82, 2.24) is 0 Å². The molecule has 0 aliphatic rings. The van der Waals surface area contributed by atoms with E-state index in [0.717, 1.165) is 0 Å². The number of hydrogen-bond donors (Lipinski definition) is 5. The van der Waals surface area contributed by atoms with Gasteiger partial charge in [-0.25, -0.2) is 0 Å². The number of esters is 2. The van der Waals surface area contributed by atoms with Gasteiger partial charge in [-0.1, -0.05) is 18.2 Å². The van der Waals surface area contributed by atoms with Crippen molar-refractivity contribution in [2.75, 3.05) is 18.7 Å². The first-order chi connectivity index (χ1) is 14.5. The SMILES string of the molecule is CC(C)(C)C(=O)OCOC(=O)CCc1ccccc1NC(=O)C(O)C(O)C(O)CCO. The molecule has 3 atom stereocenters. The van der Waals surface area contributed by atoms with E-state index in [1.165, 1.54) is 0 Å². The number of nitrogens with one attached hydrogen (secondary N) is 1. The van der Waals surface area contributed by atoms with Crippen LogP contribution < -0.4 is 5.32 Å². The first-order valence-corrected chi connectivity index (χ1v) is 9.84. The summed E-state index contributed by atoms with van der Waals surface area (Å²) in [5.74, 6) is -2.06. The number of carbonyl (C=O) groups is 3. The van der Waals surface area contributed by atoms with E-state index in [0.29, 0.717) is 11.3 Å². The smallest absolute Gasteiger partial charge is 0.314 e. The topological polar surface area (TPSA) is 163 Å². The summed E-state index contributed by atoms with van der Waals surface area (Å²) in [4.78, 5) is 35.7. The highest BCUT2D eigenvalue weighted by molar-refractivity contribution is 5.95. The maximum atomic E-state index is 12.2. The van der Waals surface area contributed by atoms with Crippen molar-refractivity contribution >= 4 is 23.5 Å². The third-order valence-corrected chi connectivity index (χ3v) is 4.31. The third-order valence-electron chi connectivity index (χ3n) is 4.31. The number of aliphatic hydroxyl groups excluding tert-OH is 4. The largest absolute Gasteiger partial charge is 0.428 e. The molecule has 3 unspecified atom stereocenters. The zero-order chi connectivity index (χ0) is 23.6. The van der Waals surface area contributed by atoms with Crippen molar-refractivity contribution in [2.24, 2.45) is 5.41 Å². The number of para-hydroxylation sites is 1. The molecule has 1 amide bonds. The van der Waals surface area contributed by atoms with Crippen molar-refractivity contribution in [2.45, 2.75) is 58.3 Å². The second-order valence-electron chi connectivity index (χ2n) is 7.98. The molecule has 0 radical (unpaired) electrons. The van der Waals surface area contributed by atoms with Gasteiger partial charge in [0.2, 0.25) is 6.79 Å². The van der Waals surface area contributed by atoms with Crippen LogP contribution in [0.25, 0.3) is 0 Å². The van der Waals surface area contributed by atoms with Crippen LogP contribution in [-0.4, -0.2) is 70.0 Å². The summed E-state index contributed by atoms with van der Waals surface area (Å²) in [7, 11) is 0. The number of carbonyl (C=O) groups excluding carboxylic acids is 3. The molecule has 5 N–H and O–H groups in total. The van der Waals surface area contributed by atoms with E-state index in [1.54, 1.807) is 45.0 Å². The van der Waals surface area contributed by atoms with Gasteiger partial charge < -0.3 is 35.2 Å². The van der Waals surface area contributed by atoms with Crippen LogP contribution in [0, 0.1) is 5.41 Å². The van der Waals surface area contributed by atoms with E-state index in [4.69, 9.17) is 14.6 Å². The van der Waals surface area contributed by atoms with E-state index < -0.39 is 55.0 Å². The molecule has 0 heterocycles. The first kappa shape index (κ1) is 26.5. The Labute approximate surface area is 180 Å². The van der Waals surface area contributed by atoms with Gasteiger partial charge in [0.15, 0.2) is 6.10 Å². The Hall–Kier alpha value is -2.53. The Balaban J connectivity index is 2.60. The molecule has 1 rings (SSSR count). The van der Waals surface area contributed by atoms with Gasteiger partial charge in [-0.15, -0.1) is 0 Å². The molecule has 1 aromatic carbocycles. The maximum absolute atomic E-state index is 12.2. The molecule has 174 valence electrons. The average molecular weight is 441 g/mol. The number of benzene rings is 1. The number of rotatable bonds is 11. The lowest BCUT2D eigenvalue weighted by Gasteiger charge is -2.22. The fourth-order valence-electron chi connectivity index (χ4n) is 2.41. The van der Waals surface area contributed by atoms with Crippen LogP contribution in [0.5, 0.6) is 0 Å². The normalized spacial score (nSPS) is 14.3. The van der Waals surface area contributed by atoms with Gasteiger partial charge in [0, 0.05) is 18.7 Å². The molecule has 0 bridgehead atoms. The number of ether oxygens (including phenoxy) is 2. The number of amides is 1. The molecule has 31 heavy (non-hydrogen) atoms. The molecule has 0 aliphatic carbocycles. The van der Waals surface area contributed by atoms with Crippen LogP contribution in [0.4, 0.5) is 5.69 Å². The third kappa shape index (κ3) is 9.01. The molecule has 0 spiro atoms. The van der Waals surface area contributed by atoms with E-state index >= 15 is 0 Å². The average Bonchev–Trinajstić information content (AvgIpc) is 2.71. The lowest BCUT2D eigenvalue weighted by atomic mass is 9.98. The van der Waals surface area contributed by atoms with Crippen LogP contribution in [-0.2, 0) is 30.3 Å². The van der Waals surface area contributed by atoms with Crippen LogP contribution in [0.15, 0.2) is 24.3 Å². The number of anilines is 1. The lowest BCUT2D eigenvalue weighted by molar-refractivity contribution is -0.173. The molecule has 0 saturated carbocycles. The van der Waals surface area contributed by atoms with E-state index in [9.17, 15) is 29.7 Å². The van der Waals surface area contributed by atoms with Crippen molar-refractivity contribution in [3.63, 3.8) is 0 Å². The molecule has 0 aliphatic heterocycles. The second kappa shape index (κ2) is 12.4. The first-order valence-electron chi connectivity index (χ1n) is 9.84. The van der Waals surface area contributed by atoms with E-state index in [-0.39, 0.29) is 19.3 Å². The van der Waals surface area contributed by atoms with Crippen molar-refractivity contribution in [1.29, 1.82) is 0 Å². The highest BCUT2D eigenvalue weighted by Crippen LogP contribution is 2.19. The van der Waals surface area contributed by atoms with Gasteiger partial charge in [-0.3, -0.25) is 14.4 Å². The van der Waals surface area contributed by atoms with Gasteiger partial charge in [0.25, 0.3) is 5.91 Å². The van der Waals surface area contributed by atoms with Gasteiger partial charge in [-0.05, 0) is 45.2 Å². The van der Waals surface area contributed by atoms with Gasteiger partial charge in [0.1, 0.15) is 6.10 Å². The number of aryl methyl sites for hydroxylation is 1. The van der Waals surface area contributed by atoms with Crippen LogP contribution in [0.2, 0.25) is 0 Å². The summed E-state index contributed by atoms with van der Waals surface area (Å²) in [5, 5.41) is 40.6. The molecule has 0 fully saturated rings. The van der Waals surface area contributed by atoms with E-state index in [1.807, 2.05) is 0 Å². The van der Waals surface area contributed by atoms with Gasteiger partial charge in [-0.2, -0.15) is 0 Å². The minimum Gasteiger partial charge on any atom is -0.428 e. The standard InChI is InChI=1S/C21H31NO9/c1-21(2,3)20(29)31-12-30-16(25)9-8-13-6-4-5-7-14(13)22-19(28)18(27)17(26)15(24)10-11-23/h4-7,15,17-18,23-24,26-27H,8-12H2,1-3H3,(H,22,28). The number of hydrogen-bond acceptors (Lipinski definition) is 9. The summed E-state index contributed by atoms with van der Waals surface area (Å²) in [6.45, 7) is 4.11. The molecule has 0 saturated heterocycles. The molecule has 1 aromatic rings. The fraction of sp³-hybridized carbons (Fsp3) is 0.571. The Morgan fingerprint density at radius 2 is 1.71 bits per heavy atom. The number of aliphatic hydroxyl groups is 4. The molecular weight excluding hydrogens is 410 g/mol. The summed E-state index contributed by atoms with van der Waals surface area (Å²) >= 11 is 0. The highest BCUT2D eigenvalue weighted by atomic mass is 16.7. The van der Waals surface area contributed by atoms with Gasteiger partial charge in [0.05, 0.1) is 11.5 Å². The Morgan fingerprint density at radius 3 is 2.32 bits per heavy atom. The van der Waals surface area contributed by atoms with Crippen LogP contribution in [0.3, 0.4) is 0 Å². The monoisotopic (exact) mass is 441 g/mol. The summed E-state index contributed by atoms with van der Waals surface area (Å²) in [6, 6.07) is 6.53. The zero-order valence-electron chi connectivity index (χ0n) is 17.9. The quantitative estimate of drug-likeness (QED) is 0.237. The predicted octanol–water partition coefficient (Wildman–Crippen LogP) is 0.113. The van der Waals surface area contributed by atoms with E-state index in [2.05, 4.69) is 5.32 Å². The molecule has 0 aromatic heterocycles. The zero-order valence-corrected chi connectivity index (χ0v) is 17.9. The summed E-state index contributed by atoms with van der Waals surface area (Å²) in [5.41, 5.74) is 0.162. The van der Waals surface area contributed by atoms with Crippen LogP contribution in [0.1, 0.15) is 39.2 Å². The second-order valence-corrected chi connectivity index (χ2v) is 7.98. The molecule has 10 heteroatoms. The summed E-state index contributed by atoms with van der Waals surface area (Å²) < 4.78 is 9.74. The predicted molar refractivity (Wildman–Crippen MR) is 110 cm³/mol. The maximum Gasteiger partial charge on any atom is 0.314 e.